The molecule has 20 heavy (non-hydrogen) atoms. The summed E-state index contributed by atoms with van der Waals surface area (Å²) in [6.45, 7) is 0. The largest absolute Gasteiger partial charge is 0.382 e. The van der Waals surface area contributed by atoms with E-state index in [9.17, 15) is 5.26 Å². The van der Waals surface area contributed by atoms with Crippen molar-refractivity contribution in [3.63, 3.8) is 0 Å². The molecular weight excluding hydrogens is 272 g/mol. The maximum atomic E-state index is 9.34. The van der Waals surface area contributed by atoms with Crippen molar-refractivity contribution < 1.29 is 0 Å². The summed E-state index contributed by atoms with van der Waals surface area (Å²) in [6.07, 6.45) is 0. The van der Waals surface area contributed by atoms with E-state index in [1.807, 2.05) is 30.3 Å². The normalized spacial score (nSPS) is 10.3. The smallest absolute Gasteiger partial charge is 0.222 e. The molecule has 6 nitrogen and oxygen atoms in total. The number of fused-ring (bicyclic) bond motifs is 1. The lowest BCUT2D eigenvalue weighted by molar-refractivity contribution is 1.25. The molecule has 0 bridgehead atoms. The molecule has 0 atom stereocenters. The van der Waals surface area contributed by atoms with Crippen LogP contribution in [0, 0.1) is 11.3 Å². The molecule has 0 saturated heterocycles. The van der Waals surface area contributed by atoms with Crippen molar-refractivity contribution in [3.8, 4) is 6.07 Å². The van der Waals surface area contributed by atoms with Crippen molar-refractivity contribution in [1.29, 1.82) is 5.26 Å². The van der Waals surface area contributed by atoms with Crippen molar-refractivity contribution in [3.05, 3.63) is 35.9 Å². The zero-order valence-electron chi connectivity index (χ0n) is 10.3. The van der Waals surface area contributed by atoms with Crippen molar-refractivity contribution in [2.24, 2.45) is 0 Å². The second-order valence-corrected chi connectivity index (χ2v) is 5.07. The molecule has 0 amide bonds. The van der Waals surface area contributed by atoms with Gasteiger partial charge in [0.05, 0.1) is 4.70 Å². The zero-order chi connectivity index (χ0) is 14.1. The van der Waals surface area contributed by atoms with Crippen LogP contribution in [0.5, 0.6) is 0 Å². The van der Waals surface area contributed by atoms with E-state index in [1.165, 1.54) is 11.3 Å². The third-order valence-electron chi connectivity index (χ3n) is 2.72. The summed E-state index contributed by atoms with van der Waals surface area (Å²) in [5.41, 5.74) is 13.2. The van der Waals surface area contributed by atoms with Crippen LogP contribution in [0.2, 0.25) is 0 Å². The van der Waals surface area contributed by atoms with Gasteiger partial charge in [0.1, 0.15) is 28.0 Å². The molecule has 7 heteroatoms. The van der Waals surface area contributed by atoms with E-state index in [0.29, 0.717) is 20.8 Å². The predicted octanol–water partition coefficient (Wildman–Crippen LogP) is 2.47. The number of nitrogens with two attached hydrogens (primary N) is 2. The Morgan fingerprint density at radius 2 is 1.90 bits per heavy atom. The van der Waals surface area contributed by atoms with E-state index in [4.69, 9.17) is 11.5 Å². The highest BCUT2D eigenvalue weighted by molar-refractivity contribution is 7.23. The van der Waals surface area contributed by atoms with Crippen molar-refractivity contribution >= 4 is 44.0 Å². The number of nitrogen functional groups attached to an aromatic ring is 2. The molecule has 5 N–H and O–H groups in total. The van der Waals surface area contributed by atoms with Crippen LogP contribution in [0.3, 0.4) is 0 Å². The fourth-order valence-electron chi connectivity index (χ4n) is 1.86. The molecule has 0 unspecified atom stereocenters. The summed E-state index contributed by atoms with van der Waals surface area (Å²) in [6, 6.07) is 11.7. The number of hydrogen-bond acceptors (Lipinski definition) is 7. The van der Waals surface area contributed by atoms with Crippen LogP contribution in [-0.4, -0.2) is 9.97 Å². The third-order valence-corrected chi connectivity index (χ3v) is 3.84. The van der Waals surface area contributed by atoms with Gasteiger partial charge < -0.3 is 16.8 Å². The van der Waals surface area contributed by atoms with E-state index >= 15 is 0 Å². The predicted molar refractivity (Wildman–Crippen MR) is 80.7 cm³/mol. The zero-order valence-corrected chi connectivity index (χ0v) is 11.1. The van der Waals surface area contributed by atoms with Gasteiger partial charge >= 0.3 is 0 Å². The number of aromatic nitrogens is 2. The average Bonchev–Trinajstić information content (AvgIpc) is 2.77. The average molecular weight is 282 g/mol. The van der Waals surface area contributed by atoms with Gasteiger partial charge in [-0.1, -0.05) is 18.2 Å². The van der Waals surface area contributed by atoms with Gasteiger partial charge in [-0.2, -0.15) is 10.2 Å². The number of nitrogens with zero attached hydrogens (tertiary/aromatic N) is 3. The fourth-order valence-corrected chi connectivity index (χ4v) is 2.87. The van der Waals surface area contributed by atoms with Crippen molar-refractivity contribution in [1.82, 2.24) is 9.97 Å². The number of rotatable bonds is 2. The first kappa shape index (κ1) is 12.2. The standard InChI is InChI=1S/C13H10N6S/c14-6-8-9-10(11(15)19-13(16)18-9)20-12(8)17-7-4-2-1-3-5-7/h1-5,17H,(H4,15,16,18,19). The Kier molecular flexibility index (Phi) is 2.85. The first-order valence-electron chi connectivity index (χ1n) is 5.76. The minimum atomic E-state index is 0.0653. The molecule has 0 aliphatic rings. The van der Waals surface area contributed by atoms with E-state index in [-0.39, 0.29) is 11.8 Å². The Morgan fingerprint density at radius 1 is 1.15 bits per heavy atom. The molecule has 1 aromatic carbocycles. The van der Waals surface area contributed by atoms with Gasteiger partial charge in [-0.15, -0.1) is 11.3 Å². The molecule has 0 saturated carbocycles. The summed E-state index contributed by atoms with van der Waals surface area (Å²) in [5, 5.41) is 13.2. The highest BCUT2D eigenvalue weighted by Gasteiger charge is 2.17. The molecule has 2 aromatic heterocycles. The first-order chi connectivity index (χ1) is 9.69. The minimum absolute atomic E-state index is 0.0653. The van der Waals surface area contributed by atoms with Crippen LogP contribution < -0.4 is 16.8 Å². The topological polar surface area (TPSA) is 114 Å². The van der Waals surface area contributed by atoms with E-state index in [1.54, 1.807) is 0 Å². The van der Waals surface area contributed by atoms with Gasteiger partial charge in [0.25, 0.3) is 0 Å². The van der Waals surface area contributed by atoms with Crippen LogP contribution in [0.1, 0.15) is 5.56 Å². The number of para-hydroxylation sites is 1. The highest BCUT2D eigenvalue weighted by Crippen LogP contribution is 2.38. The van der Waals surface area contributed by atoms with Gasteiger partial charge in [-0.05, 0) is 12.1 Å². The fraction of sp³-hybridized carbons (Fsp3) is 0. The molecule has 0 spiro atoms. The van der Waals surface area contributed by atoms with E-state index in [0.717, 1.165) is 5.69 Å². The Bertz CT molecular complexity index is 818. The molecule has 0 aliphatic heterocycles. The lowest BCUT2D eigenvalue weighted by Crippen LogP contribution is -1.99. The van der Waals surface area contributed by atoms with Gasteiger partial charge in [0.15, 0.2) is 0 Å². The van der Waals surface area contributed by atoms with Gasteiger partial charge in [0, 0.05) is 5.69 Å². The van der Waals surface area contributed by atoms with Gasteiger partial charge in [-0.3, -0.25) is 0 Å². The number of nitrogens with one attached hydrogen (secondary N) is 1. The van der Waals surface area contributed by atoms with Crippen LogP contribution >= 0.6 is 11.3 Å². The lowest BCUT2D eigenvalue weighted by atomic mass is 10.2. The lowest BCUT2D eigenvalue weighted by Gasteiger charge is -2.02. The third kappa shape index (κ3) is 1.98. The van der Waals surface area contributed by atoms with Crippen LogP contribution in [0.15, 0.2) is 30.3 Å². The number of thiophene rings is 1. The van der Waals surface area contributed by atoms with E-state index < -0.39 is 0 Å². The van der Waals surface area contributed by atoms with Crippen molar-refractivity contribution in [2.45, 2.75) is 0 Å². The van der Waals surface area contributed by atoms with Gasteiger partial charge in [0.2, 0.25) is 5.95 Å². The molecule has 0 aliphatic carbocycles. The maximum Gasteiger partial charge on any atom is 0.222 e. The number of benzene rings is 1. The SMILES string of the molecule is N#Cc1c(Nc2ccccc2)sc2c(N)nc(N)nc12. The van der Waals surface area contributed by atoms with Crippen molar-refractivity contribution in [2.75, 3.05) is 16.8 Å². The summed E-state index contributed by atoms with van der Waals surface area (Å²) in [5.74, 6) is 0.352. The summed E-state index contributed by atoms with van der Waals surface area (Å²) >= 11 is 1.34. The molecule has 0 radical (unpaired) electrons. The molecule has 2 heterocycles. The number of hydrogen-bond donors (Lipinski definition) is 3. The monoisotopic (exact) mass is 282 g/mol. The van der Waals surface area contributed by atoms with Gasteiger partial charge in [-0.25, -0.2) is 4.98 Å². The Balaban J connectivity index is 2.17. The second kappa shape index (κ2) is 4.68. The summed E-state index contributed by atoms with van der Waals surface area (Å²) < 4.78 is 0.661. The Morgan fingerprint density at radius 3 is 2.60 bits per heavy atom. The first-order valence-corrected chi connectivity index (χ1v) is 6.58. The molecular formula is C13H10N6S. The van der Waals surface area contributed by atoms with Crippen LogP contribution in [-0.2, 0) is 0 Å². The maximum absolute atomic E-state index is 9.34. The van der Waals surface area contributed by atoms with Crippen LogP contribution in [0.25, 0.3) is 10.2 Å². The summed E-state index contributed by atoms with van der Waals surface area (Å²) in [7, 11) is 0. The molecule has 0 fully saturated rings. The number of anilines is 4. The molecule has 3 rings (SSSR count). The minimum Gasteiger partial charge on any atom is -0.382 e. The second-order valence-electron chi connectivity index (χ2n) is 4.05. The quantitative estimate of drug-likeness (QED) is 0.665. The Labute approximate surface area is 118 Å². The summed E-state index contributed by atoms with van der Waals surface area (Å²) in [4.78, 5) is 8.02. The van der Waals surface area contributed by atoms with Crippen LogP contribution in [0.4, 0.5) is 22.5 Å². The highest BCUT2D eigenvalue weighted by atomic mass is 32.1. The molecule has 3 aromatic rings. The van der Waals surface area contributed by atoms with E-state index in [2.05, 4.69) is 21.4 Å². The number of nitriles is 1. The molecule has 98 valence electrons. The Hall–Kier alpha value is -2.85.